The van der Waals surface area contributed by atoms with Gasteiger partial charge in [0, 0.05) is 25.1 Å². The Bertz CT molecular complexity index is 738. The number of hydrogen-bond donors (Lipinski definition) is 2. The van der Waals surface area contributed by atoms with Crippen molar-refractivity contribution in [1.82, 2.24) is 14.9 Å². The van der Waals surface area contributed by atoms with E-state index >= 15 is 0 Å². The third-order valence-corrected chi connectivity index (χ3v) is 3.63. The van der Waals surface area contributed by atoms with E-state index in [1.165, 1.54) is 4.57 Å². The van der Waals surface area contributed by atoms with Crippen molar-refractivity contribution >= 4 is 5.97 Å². The standard InChI is InChI=1S/C15H15N3O3/c19-14-13(15(20)21)12-3-5-17-7-11(12)9-18(14)8-10-2-1-4-16-6-10/h1-2,4,6,9,17H,3,5,7-8H2,(H,20,21). The highest BCUT2D eigenvalue weighted by atomic mass is 16.4. The van der Waals surface area contributed by atoms with Crippen LogP contribution in [-0.4, -0.2) is 27.2 Å². The third kappa shape index (κ3) is 2.57. The quantitative estimate of drug-likeness (QED) is 0.864. The number of aromatic carboxylic acids is 1. The van der Waals surface area contributed by atoms with Gasteiger partial charge in [-0.25, -0.2) is 4.79 Å². The average Bonchev–Trinajstić information content (AvgIpc) is 2.49. The van der Waals surface area contributed by atoms with Gasteiger partial charge in [0.1, 0.15) is 5.56 Å². The Balaban J connectivity index is 2.11. The van der Waals surface area contributed by atoms with Crippen molar-refractivity contribution in [2.45, 2.75) is 19.5 Å². The van der Waals surface area contributed by atoms with E-state index in [1.807, 2.05) is 6.07 Å². The van der Waals surface area contributed by atoms with Crippen molar-refractivity contribution in [2.24, 2.45) is 0 Å². The molecule has 0 saturated heterocycles. The summed E-state index contributed by atoms with van der Waals surface area (Å²) in [6.45, 7) is 1.60. The molecule has 108 valence electrons. The lowest BCUT2D eigenvalue weighted by atomic mass is 9.97. The molecule has 0 aromatic carbocycles. The summed E-state index contributed by atoms with van der Waals surface area (Å²) in [7, 11) is 0. The largest absolute Gasteiger partial charge is 0.477 e. The molecule has 0 spiro atoms. The highest BCUT2D eigenvalue weighted by molar-refractivity contribution is 5.89. The molecule has 0 saturated carbocycles. The van der Waals surface area contributed by atoms with E-state index in [4.69, 9.17) is 0 Å². The van der Waals surface area contributed by atoms with Gasteiger partial charge in [-0.3, -0.25) is 9.78 Å². The number of hydrogen-bond acceptors (Lipinski definition) is 4. The lowest BCUT2D eigenvalue weighted by molar-refractivity contribution is 0.0692. The van der Waals surface area contributed by atoms with Crippen LogP contribution in [0.1, 0.15) is 27.0 Å². The van der Waals surface area contributed by atoms with E-state index in [0.29, 0.717) is 31.6 Å². The summed E-state index contributed by atoms with van der Waals surface area (Å²) in [5, 5.41) is 12.6. The molecule has 6 nitrogen and oxygen atoms in total. The fourth-order valence-corrected chi connectivity index (χ4v) is 2.66. The Labute approximate surface area is 121 Å². The van der Waals surface area contributed by atoms with Gasteiger partial charge in [-0.2, -0.15) is 0 Å². The predicted molar refractivity (Wildman–Crippen MR) is 76.4 cm³/mol. The number of fused-ring (bicyclic) bond motifs is 1. The zero-order valence-corrected chi connectivity index (χ0v) is 11.4. The molecule has 1 aliphatic heterocycles. The highest BCUT2D eigenvalue weighted by Gasteiger charge is 2.22. The fourth-order valence-electron chi connectivity index (χ4n) is 2.66. The lowest BCUT2D eigenvalue weighted by Gasteiger charge is -2.20. The maximum Gasteiger partial charge on any atom is 0.341 e. The molecular formula is C15H15N3O3. The van der Waals surface area contributed by atoms with Gasteiger partial charge >= 0.3 is 5.97 Å². The van der Waals surface area contributed by atoms with Crippen LogP contribution in [0.5, 0.6) is 0 Å². The lowest BCUT2D eigenvalue weighted by Crippen LogP contribution is -2.34. The molecule has 0 bridgehead atoms. The van der Waals surface area contributed by atoms with Gasteiger partial charge in [0.05, 0.1) is 6.54 Å². The van der Waals surface area contributed by atoms with E-state index in [2.05, 4.69) is 10.3 Å². The molecule has 3 heterocycles. The first-order valence-electron chi connectivity index (χ1n) is 6.75. The number of pyridine rings is 2. The Kier molecular flexibility index (Phi) is 3.53. The molecule has 0 atom stereocenters. The summed E-state index contributed by atoms with van der Waals surface area (Å²) in [6, 6.07) is 3.65. The van der Waals surface area contributed by atoms with Gasteiger partial charge in [0.2, 0.25) is 0 Å². The summed E-state index contributed by atoms with van der Waals surface area (Å²) in [5.41, 5.74) is 1.85. The maximum absolute atomic E-state index is 12.4. The number of carboxylic acid groups (broad SMARTS) is 1. The molecule has 1 aliphatic rings. The van der Waals surface area contributed by atoms with Gasteiger partial charge in [-0.1, -0.05) is 6.07 Å². The maximum atomic E-state index is 12.4. The predicted octanol–water partition coefficient (Wildman–Crippen LogP) is 0.635. The first-order valence-corrected chi connectivity index (χ1v) is 6.75. The minimum absolute atomic E-state index is 0.0992. The normalized spacial score (nSPS) is 13.7. The smallest absolute Gasteiger partial charge is 0.341 e. The van der Waals surface area contributed by atoms with Crippen LogP contribution in [-0.2, 0) is 19.5 Å². The van der Waals surface area contributed by atoms with Crippen LogP contribution >= 0.6 is 0 Å². The molecular weight excluding hydrogens is 270 g/mol. The number of carbonyl (C=O) groups is 1. The Morgan fingerprint density at radius 3 is 3.05 bits per heavy atom. The van der Waals surface area contributed by atoms with E-state index in [1.54, 1.807) is 24.7 Å². The first kappa shape index (κ1) is 13.5. The molecule has 0 unspecified atom stereocenters. The highest BCUT2D eigenvalue weighted by Crippen LogP contribution is 2.16. The summed E-state index contributed by atoms with van der Waals surface area (Å²) in [6.07, 6.45) is 5.65. The van der Waals surface area contributed by atoms with Crippen LogP contribution in [0.2, 0.25) is 0 Å². The summed E-state index contributed by atoms with van der Waals surface area (Å²) in [4.78, 5) is 27.9. The number of carboxylic acids is 1. The number of aromatic nitrogens is 2. The van der Waals surface area contributed by atoms with Crippen molar-refractivity contribution < 1.29 is 9.90 Å². The second kappa shape index (κ2) is 5.49. The first-order chi connectivity index (χ1) is 10.2. The second-order valence-electron chi connectivity index (χ2n) is 5.03. The molecule has 2 aromatic rings. The molecule has 3 rings (SSSR count). The van der Waals surface area contributed by atoms with Crippen LogP contribution in [0, 0.1) is 0 Å². The number of nitrogens with zero attached hydrogens (tertiary/aromatic N) is 2. The second-order valence-corrected chi connectivity index (χ2v) is 5.03. The average molecular weight is 285 g/mol. The minimum Gasteiger partial charge on any atom is -0.477 e. The van der Waals surface area contributed by atoms with Gasteiger partial charge < -0.3 is 15.0 Å². The zero-order valence-electron chi connectivity index (χ0n) is 11.4. The Morgan fingerprint density at radius 2 is 2.33 bits per heavy atom. The number of nitrogens with one attached hydrogen (secondary N) is 1. The van der Waals surface area contributed by atoms with Crippen LogP contribution in [0.25, 0.3) is 0 Å². The molecule has 2 aromatic heterocycles. The van der Waals surface area contributed by atoms with Crippen LogP contribution in [0.4, 0.5) is 0 Å². The van der Waals surface area contributed by atoms with Crippen molar-refractivity contribution in [1.29, 1.82) is 0 Å². The Morgan fingerprint density at radius 1 is 1.48 bits per heavy atom. The SMILES string of the molecule is O=C(O)c1c2c(cn(Cc3cccnc3)c1=O)CNCC2. The van der Waals surface area contributed by atoms with Crippen LogP contribution in [0.15, 0.2) is 35.5 Å². The summed E-state index contributed by atoms with van der Waals surface area (Å²) >= 11 is 0. The monoisotopic (exact) mass is 285 g/mol. The summed E-state index contributed by atoms with van der Waals surface area (Å²) in [5.74, 6) is -1.15. The van der Waals surface area contributed by atoms with E-state index < -0.39 is 11.5 Å². The van der Waals surface area contributed by atoms with Crippen molar-refractivity contribution in [3.8, 4) is 0 Å². The van der Waals surface area contributed by atoms with Crippen molar-refractivity contribution in [2.75, 3.05) is 6.54 Å². The molecule has 2 N–H and O–H groups in total. The number of rotatable bonds is 3. The van der Waals surface area contributed by atoms with E-state index in [0.717, 1.165) is 11.1 Å². The molecule has 0 fully saturated rings. The molecule has 21 heavy (non-hydrogen) atoms. The fraction of sp³-hybridized carbons (Fsp3) is 0.267. The molecule has 6 heteroatoms. The molecule has 0 amide bonds. The molecule has 0 radical (unpaired) electrons. The van der Waals surface area contributed by atoms with E-state index in [-0.39, 0.29) is 5.56 Å². The van der Waals surface area contributed by atoms with Crippen molar-refractivity contribution in [3.63, 3.8) is 0 Å². The van der Waals surface area contributed by atoms with Crippen LogP contribution in [0.3, 0.4) is 0 Å². The van der Waals surface area contributed by atoms with Gasteiger partial charge in [0.15, 0.2) is 0 Å². The zero-order chi connectivity index (χ0) is 14.8. The van der Waals surface area contributed by atoms with Crippen LogP contribution < -0.4 is 10.9 Å². The van der Waals surface area contributed by atoms with Gasteiger partial charge in [-0.15, -0.1) is 0 Å². The van der Waals surface area contributed by atoms with Gasteiger partial charge in [0.25, 0.3) is 5.56 Å². The van der Waals surface area contributed by atoms with Gasteiger partial charge in [-0.05, 0) is 35.7 Å². The van der Waals surface area contributed by atoms with E-state index in [9.17, 15) is 14.7 Å². The Hall–Kier alpha value is -2.47. The molecule has 0 aliphatic carbocycles. The third-order valence-electron chi connectivity index (χ3n) is 3.63. The summed E-state index contributed by atoms with van der Waals surface area (Å²) < 4.78 is 1.45. The van der Waals surface area contributed by atoms with Crippen molar-refractivity contribution in [3.05, 3.63) is 63.3 Å². The topological polar surface area (TPSA) is 84.2 Å². The minimum atomic E-state index is -1.15.